The maximum Gasteiger partial charge on any atom is 0.271 e. The average molecular weight is 353 g/mol. The van der Waals surface area contributed by atoms with E-state index in [2.05, 4.69) is 21.2 Å². The molecule has 0 saturated carbocycles. The van der Waals surface area contributed by atoms with Crippen molar-refractivity contribution in [1.29, 1.82) is 0 Å². The molecule has 0 fully saturated rings. The normalized spacial score (nSPS) is 10.2. The molecule has 0 aliphatic carbocycles. The summed E-state index contributed by atoms with van der Waals surface area (Å²) in [6, 6.07) is 9.38. The van der Waals surface area contributed by atoms with Gasteiger partial charge in [0.05, 0.1) is 17.7 Å². The third kappa shape index (κ3) is 3.63. The van der Waals surface area contributed by atoms with Gasteiger partial charge in [-0.25, -0.2) is 0 Å². The fourth-order valence-corrected chi connectivity index (χ4v) is 2.24. The second kappa shape index (κ2) is 6.45. The zero-order valence-electron chi connectivity index (χ0n) is 11.2. The summed E-state index contributed by atoms with van der Waals surface area (Å²) in [5.41, 5.74) is 1.13. The molecule has 2 N–H and O–H groups in total. The Balaban J connectivity index is 2.24. The lowest BCUT2D eigenvalue weighted by Gasteiger charge is -2.12. The Morgan fingerprint density at radius 3 is 2.76 bits per heavy atom. The van der Waals surface area contributed by atoms with Crippen LogP contribution in [0.15, 0.2) is 40.9 Å². The number of phenols is 1. The van der Waals surface area contributed by atoms with Gasteiger partial charge in [0.15, 0.2) is 0 Å². The molecular formula is C14H13BrN2O4. The van der Waals surface area contributed by atoms with Crippen LogP contribution in [-0.4, -0.2) is 17.1 Å². The quantitative estimate of drug-likeness (QED) is 0.633. The number of aromatic hydroxyl groups is 1. The molecule has 2 rings (SSSR count). The largest absolute Gasteiger partial charge is 0.508 e. The maximum absolute atomic E-state index is 10.8. The Bertz CT molecular complexity index is 676. The van der Waals surface area contributed by atoms with Crippen LogP contribution < -0.4 is 10.1 Å². The van der Waals surface area contributed by atoms with Gasteiger partial charge in [0.25, 0.3) is 5.69 Å². The van der Waals surface area contributed by atoms with Crippen LogP contribution in [0.4, 0.5) is 11.4 Å². The number of phenolic OH excluding ortho intramolecular Hbond substituents is 1. The van der Waals surface area contributed by atoms with Gasteiger partial charge < -0.3 is 15.2 Å². The Labute approximate surface area is 129 Å². The van der Waals surface area contributed by atoms with Gasteiger partial charge in [-0.1, -0.05) is 15.9 Å². The highest BCUT2D eigenvalue weighted by Gasteiger charge is 2.11. The molecular weight excluding hydrogens is 340 g/mol. The van der Waals surface area contributed by atoms with E-state index in [0.717, 1.165) is 4.47 Å². The van der Waals surface area contributed by atoms with Crippen molar-refractivity contribution >= 4 is 27.3 Å². The molecule has 0 saturated heterocycles. The molecule has 7 heteroatoms. The summed E-state index contributed by atoms with van der Waals surface area (Å²) < 4.78 is 6.00. The van der Waals surface area contributed by atoms with Gasteiger partial charge in [-0.3, -0.25) is 10.1 Å². The number of non-ortho nitro benzene ring substituents is 1. The molecule has 0 aromatic heterocycles. The number of anilines is 1. The first-order valence-electron chi connectivity index (χ1n) is 6.05. The van der Waals surface area contributed by atoms with Crippen molar-refractivity contribution < 1.29 is 14.8 Å². The highest BCUT2D eigenvalue weighted by Crippen LogP contribution is 2.30. The highest BCUT2D eigenvalue weighted by molar-refractivity contribution is 9.10. The molecule has 2 aromatic rings. The standard InChI is InChI=1S/C14H13BrN2O4/c1-21-14-5-3-11(17(19)20)7-12(14)16-8-9-6-10(15)2-4-13(9)18/h2-7,16,18H,8H2,1H3. The number of benzene rings is 2. The molecule has 6 nitrogen and oxygen atoms in total. The summed E-state index contributed by atoms with van der Waals surface area (Å²) in [6.45, 7) is 0.308. The molecule has 0 atom stereocenters. The van der Waals surface area contributed by atoms with Crippen LogP contribution >= 0.6 is 15.9 Å². The zero-order valence-corrected chi connectivity index (χ0v) is 12.8. The average Bonchev–Trinajstić information content (AvgIpc) is 2.47. The van der Waals surface area contributed by atoms with Gasteiger partial charge in [0.1, 0.15) is 11.5 Å². The maximum atomic E-state index is 10.8. The van der Waals surface area contributed by atoms with E-state index in [1.165, 1.54) is 25.3 Å². The summed E-state index contributed by atoms with van der Waals surface area (Å²) >= 11 is 3.33. The Morgan fingerprint density at radius 1 is 1.33 bits per heavy atom. The molecule has 0 heterocycles. The van der Waals surface area contributed by atoms with Crippen LogP contribution in [0, 0.1) is 10.1 Å². The smallest absolute Gasteiger partial charge is 0.271 e. The van der Waals surface area contributed by atoms with Crippen LogP contribution in [0.1, 0.15) is 5.56 Å². The number of halogens is 1. The summed E-state index contributed by atoms with van der Waals surface area (Å²) in [6.07, 6.45) is 0. The molecule has 0 spiro atoms. The fourth-order valence-electron chi connectivity index (χ4n) is 1.83. The minimum atomic E-state index is -0.471. The minimum Gasteiger partial charge on any atom is -0.508 e. The zero-order chi connectivity index (χ0) is 15.4. The van der Waals surface area contributed by atoms with Crippen LogP contribution in [0.2, 0.25) is 0 Å². The molecule has 21 heavy (non-hydrogen) atoms. The monoisotopic (exact) mass is 352 g/mol. The first-order valence-corrected chi connectivity index (χ1v) is 6.84. The second-order valence-electron chi connectivity index (χ2n) is 4.27. The number of nitrogens with zero attached hydrogens (tertiary/aromatic N) is 1. The van der Waals surface area contributed by atoms with Crippen LogP contribution in [0.25, 0.3) is 0 Å². The van der Waals surface area contributed by atoms with E-state index in [1.54, 1.807) is 18.2 Å². The topological polar surface area (TPSA) is 84.6 Å². The number of nitrogens with one attached hydrogen (secondary N) is 1. The van der Waals surface area contributed by atoms with Crippen LogP contribution in [0.5, 0.6) is 11.5 Å². The van der Waals surface area contributed by atoms with Crippen molar-refractivity contribution in [1.82, 2.24) is 0 Å². The first-order chi connectivity index (χ1) is 10.0. The number of ether oxygens (including phenoxy) is 1. The van der Waals surface area contributed by atoms with E-state index >= 15 is 0 Å². The van der Waals surface area contributed by atoms with Gasteiger partial charge >= 0.3 is 0 Å². The van der Waals surface area contributed by atoms with E-state index in [4.69, 9.17) is 4.74 Å². The number of methoxy groups -OCH3 is 1. The number of hydrogen-bond acceptors (Lipinski definition) is 5. The lowest BCUT2D eigenvalue weighted by Crippen LogP contribution is -2.02. The number of hydrogen-bond donors (Lipinski definition) is 2. The van der Waals surface area contributed by atoms with Gasteiger partial charge in [0, 0.05) is 28.7 Å². The van der Waals surface area contributed by atoms with E-state index in [-0.39, 0.29) is 11.4 Å². The van der Waals surface area contributed by atoms with E-state index < -0.39 is 4.92 Å². The van der Waals surface area contributed by atoms with E-state index in [9.17, 15) is 15.2 Å². The Hall–Kier alpha value is -2.28. The molecule has 0 aliphatic heterocycles. The lowest BCUT2D eigenvalue weighted by molar-refractivity contribution is -0.384. The molecule has 0 bridgehead atoms. The van der Waals surface area contributed by atoms with Crippen LogP contribution in [-0.2, 0) is 6.54 Å². The van der Waals surface area contributed by atoms with Crippen molar-refractivity contribution in [3.63, 3.8) is 0 Å². The Morgan fingerprint density at radius 2 is 2.10 bits per heavy atom. The molecule has 0 radical (unpaired) electrons. The van der Waals surface area contributed by atoms with Crippen molar-refractivity contribution in [3.8, 4) is 11.5 Å². The van der Waals surface area contributed by atoms with Gasteiger partial charge in [0.2, 0.25) is 0 Å². The minimum absolute atomic E-state index is 0.0308. The van der Waals surface area contributed by atoms with Gasteiger partial charge in [-0.2, -0.15) is 0 Å². The summed E-state index contributed by atoms with van der Waals surface area (Å²) in [5.74, 6) is 0.644. The SMILES string of the molecule is COc1ccc([N+](=O)[O-])cc1NCc1cc(Br)ccc1O. The number of nitro benzene ring substituents is 1. The molecule has 0 aliphatic rings. The summed E-state index contributed by atoms with van der Waals surface area (Å²) in [5, 5.41) is 23.6. The van der Waals surface area contributed by atoms with Crippen LogP contribution in [0.3, 0.4) is 0 Å². The van der Waals surface area contributed by atoms with Crippen molar-refractivity contribution in [2.75, 3.05) is 12.4 Å². The predicted octanol–water partition coefficient (Wildman–Crippen LogP) is 3.68. The summed E-state index contributed by atoms with van der Waals surface area (Å²) in [7, 11) is 1.49. The highest BCUT2D eigenvalue weighted by atomic mass is 79.9. The number of rotatable bonds is 5. The third-order valence-corrected chi connectivity index (χ3v) is 3.40. The van der Waals surface area contributed by atoms with E-state index in [1.807, 2.05) is 0 Å². The third-order valence-electron chi connectivity index (χ3n) is 2.90. The van der Waals surface area contributed by atoms with Crippen molar-refractivity contribution in [3.05, 3.63) is 56.5 Å². The lowest BCUT2D eigenvalue weighted by atomic mass is 10.2. The summed E-state index contributed by atoms with van der Waals surface area (Å²) in [4.78, 5) is 10.3. The van der Waals surface area contributed by atoms with Gasteiger partial charge in [-0.05, 0) is 24.3 Å². The van der Waals surface area contributed by atoms with E-state index in [0.29, 0.717) is 23.5 Å². The van der Waals surface area contributed by atoms with Crippen molar-refractivity contribution in [2.45, 2.75) is 6.54 Å². The predicted molar refractivity (Wildman–Crippen MR) is 82.8 cm³/mol. The Kier molecular flexibility index (Phi) is 4.64. The molecule has 0 unspecified atom stereocenters. The van der Waals surface area contributed by atoms with Gasteiger partial charge in [-0.15, -0.1) is 0 Å². The molecule has 110 valence electrons. The first kappa shape index (κ1) is 15.1. The van der Waals surface area contributed by atoms with Crippen molar-refractivity contribution in [2.24, 2.45) is 0 Å². The molecule has 2 aromatic carbocycles. The number of nitro groups is 1. The fraction of sp³-hybridized carbons (Fsp3) is 0.143. The second-order valence-corrected chi connectivity index (χ2v) is 5.18. The molecule has 0 amide bonds.